The maximum Gasteiger partial charge on any atom is 0.338 e. The predicted octanol–water partition coefficient (Wildman–Crippen LogP) is 4.93. The van der Waals surface area contributed by atoms with Crippen LogP contribution in [0.4, 0.5) is 16.2 Å². The number of nitrogens with one attached hydrogen (secondary N) is 3. The lowest BCUT2D eigenvalue weighted by atomic mass is 9.95. The van der Waals surface area contributed by atoms with Crippen LogP contribution in [0.15, 0.2) is 59.8 Å². The molecule has 182 valence electrons. The summed E-state index contributed by atoms with van der Waals surface area (Å²) in [6, 6.07) is 14.9. The Kier molecular flexibility index (Phi) is 8.44. The van der Waals surface area contributed by atoms with Crippen LogP contribution in [0.3, 0.4) is 0 Å². The highest BCUT2D eigenvalue weighted by Crippen LogP contribution is 2.32. The van der Waals surface area contributed by atoms with Gasteiger partial charge in [0.1, 0.15) is 0 Å². The van der Waals surface area contributed by atoms with Crippen molar-refractivity contribution in [3.8, 4) is 6.07 Å². The Morgan fingerprint density at radius 2 is 1.69 bits per heavy atom. The molecule has 0 bridgehead atoms. The average molecular weight is 492 g/mol. The van der Waals surface area contributed by atoms with Crippen LogP contribution < -0.4 is 16.0 Å². The summed E-state index contributed by atoms with van der Waals surface area (Å²) < 4.78 is 5.55. The SMILES string of the molecule is CCN1C(=S)NC(c2ccc(NC(=O)Nc3ccc(C#N)cc3)cc2)C(C(=O)OCC(C)C)=C1C. The van der Waals surface area contributed by atoms with Crippen molar-refractivity contribution in [2.45, 2.75) is 33.7 Å². The zero-order chi connectivity index (χ0) is 25.5. The number of thiocarbonyl (C=S) groups is 1. The standard InChI is InChI=1S/C26H29N5O3S/c1-5-31-17(4)22(24(32)34-15-16(2)3)23(30-26(31)35)19-8-12-21(13-9-19)29-25(33)28-20-10-6-18(14-27)7-11-20/h6-13,16,23H,5,15H2,1-4H3,(H,30,35)(H2,28,29,33). The van der Waals surface area contributed by atoms with Gasteiger partial charge in [-0.25, -0.2) is 9.59 Å². The van der Waals surface area contributed by atoms with Crippen molar-refractivity contribution in [2.24, 2.45) is 5.92 Å². The van der Waals surface area contributed by atoms with E-state index in [0.29, 0.717) is 40.8 Å². The van der Waals surface area contributed by atoms with Crippen molar-refractivity contribution in [3.05, 3.63) is 70.9 Å². The Morgan fingerprint density at radius 3 is 2.20 bits per heavy atom. The van der Waals surface area contributed by atoms with Gasteiger partial charge in [-0.05, 0) is 73.9 Å². The van der Waals surface area contributed by atoms with Gasteiger partial charge < -0.3 is 25.6 Å². The summed E-state index contributed by atoms with van der Waals surface area (Å²) in [4.78, 5) is 27.2. The lowest BCUT2D eigenvalue weighted by Gasteiger charge is -2.37. The third-order valence-electron chi connectivity index (χ3n) is 5.45. The maximum absolute atomic E-state index is 13.0. The lowest BCUT2D eigenvalue weighted by Crippen LogP contribution is -2.47. The molecular formula is C26H29N5O3S. The second-order valence-corrected chi connectivity index (χ2v) is 8.90. The van der Waals surface area contributed by atoms with Crippen molar-refractivity contribution < 1.29 is 14.3 Å². The minimum atomic E-state index is -0.466. The lowest BCUT2D eigenvalue weighted by molar-refractivity contribution is -0.140. The number of anilines is 2. The van der Waals surface area contributed by atoms with Gasteiger partial charge in [0.2, 0.25) is 0 Å². The Hall–Kier alpha value is -3.90. The highest BCUT2D eigenvalue weighted by atomic mass is 32.1. The molecule has 2 aromatic carbocycles. The molecule has 3 N–H and O–H groups in total. The molecular weight excluding hydrogens is 462 g/mol. The van der Waals surface area contributed by atoms with Crippen LogP contribution >= 0.6 is 12.2 Å². The number of hydrogen-bond donors (Lipinski definition) is 3. The molecule has 1 heterocycles. The summed E-state index contributed by atoms with van der Waals surface area (Å²) in [5.74, 6) is -0.155. The quantitative estimate of drug-likeness (QED) is 0.373. The van der Waals surface area contributed by atoms with E-state index in [1.165, 1.54) is 0 Å². The van der Waals surface area contributed by atoms with Crippen LogP contribution in [0.5, 0.6) is 0 Å². The second-order valence-electron chi connectivity index (χ2n) is 8.51. The smallest absolute Gasteiger partial charge is 0.338 e. The van der Waals surface area contributed by atoms with Crippen LogP contribution in [0.1, 0.15) is 44.9 Å². The largest absolute Gasteiger partial charge is 0.462 e. The first-order valence-corrected chi connectivity index (χ1v) is 11.8. The van der Waals surface area contributed by atoms with Crippen LogP contribution in [0, 0.1) is 17.2 Å². The summed E-state index contributed by atoms with van der Waals surface area (Å²) in [6.07, 6.45) is 0. The molecule has 0 saturated carbocycles. The summed E-state index contributed by atoms with van der Waals surface area (Å²) in [7, 11) is 0. The minimum Gasteiger partial charge on any atom is -0.462 e. The minimum absolute atomic E-state index is 0.221. The summed E-state index contributed by atoms with van der Waals surface area (Å²) in [6.45, 7) is 8.78. The number of amides is 2. The van der Waals surface area contributed by atoms with E-state index in [4.69, 9.17) is 22.2 Å². The van der Waals surface area contributed by atoms with Crippen molar-refractivity contribution >= 4 is 40.7 Å². The number of carbonyl (C=O) groups excluding carboxylic acids is 2. The van der Waals surface area contributed by atoms with E-state index in [1.807, 2.05) is 50.8 Å². The van der Waals surface area contributed by atoms with Gasteiger partial charge in [-0.3, -0.25) is 0 Å². The van der Waals surface area contributed by atoms with Crippen molar-refractivity contribution in [3.63, 3.8) is 0 Å². The van der Waals surface area contributed by atoms with Gasteiger partial charge in [-0.2, -0.15) is 5.26 Å². The Balaban J connectivity index is 1.76. The molecule has 1 aliphatic rings. The van der Waals surface area contributed by atoms with Gasteiger partial charge in [0, 0.05) is 23.6 Å². The molecule has 3 rings (SSSR count). The van der Waals surface area contributed by atoms with Gasteiger partial charge >= 0.3 is 12.0 Å². The number of allylic oxidation sites excluding steroid dienone is 1. The molecule has 0 aliphatic carbocycles. The summed E-state index contributed by atoms with van der Waals surface area (Å²) in [5.41, 5.74) is 3.76. The van der Waals surface area contributed by atoms with Crippen LogP contribution in [-0.4, -0.2) is 35.2 Å². The normalized spacial score (nSPS) is 15.4. The van der Waals surface area contributed by atoms with E-state index in [-0.39, 0.29) is 11.9 Å². The van der Waals surface area contributed by atoms with E-state index in [9.17, 15) is 9.59 Å². The zero-order valence-corrected chi connectivity index (χ0v) is 21.0. The van der Waals surface area contributed by atoms with E-state index in [2.05, 4.69) is 16.0 Å². The average Bonchev–Trinajstić information content (AvgIpc) is 2.83. The molecule has 0 saturated heterocycles. The van der Waals surface area contributed by atoms with E-state index in [0.717, 1.165) is 11.3 Å². The predicted molar refractivity (Wildman–Crippen MR) is 140 cm³/mol. The van der Waals surface area contributed by atoms with Gasteiger partial charge in [0.05, 0.1) is 29.9 Å². The second kappa shape index (κ2) is 11.5. The molecule has 0 spiro atoms. The fourth-order valence-corrected chi connectivity index (χ4v) is 4.06. The highest BCUT2D eigenvalue weighted by molar-refractivity contribution is 7.80. The number of urea groups is 1. The molecule has 1 aliphatic heterocycles. The van der Waals surface area contributed by atoms with Gasteiger partial charge in [-0.1, -0.05) is 26.0 Å². The number of rotatable bonds is 7. The summed E-state index contributed by atoms with van der Waals surface area (Å²) in [5, 5.41) is 18.2. The Labute approximate surface area is 210 Å². The fourth-order valence-electron chi connectivity index (χ4n) is 3.68. The number of esters is 1. The van der Waals surface area contributed by atoms with Gasteiger partial charge in [0.15, 0.2) is 5.11 Å². The van der Waals surface area contributed by atoms with Crippen molar-refractivity contribution in [1.29, 1.82) is 5.26 Å². The molecule has 2 amide bonds. The molecule has 1 atom stereocenters. The number of nitrogens with zero attached hydrogens (tertiary/aromatic N) is 2. The topological polar surface area (TPSA) is 106 Å². The molecule has 0 radical (unpaired) electrons. The monoisotopic (exact) mass is 491 g/mol. The van der Waals surface area contributed by atoms with E-state index >= 15 is 0 Å². The number of ether oxygens (including phenoxy) is 1. The van der Waals surface area contributed by atoms with Crippen LogP contribution in [0.2, 0.25) is 0 Å². The first kappa shape index (κ1) is 25.7. The molecule has 8 nitrogen and oxygen atoms in total. The first-order valence-electron chi connectivity index (χ1n) is 11.4. The highest BCUT2D eigenvalue weighted by Gasteiger charge is 2.34. The van der Waals surface area contributed by atoms with Crippen LogP contribution in [0.25, 0.3) is 0 Å². The first-order chi connectivity index (χ1) is 16.7. The zero-order valence-electron chi connectivity index (χ0n) is 20.2. The van der Waals surface area contributed by atoms with E-state index in [1.54, 1.807) is 36.4 Å². The fraction of sp³-hybridized carbons (Fsp3) is 0.308. The van der Waals surface area contributed by atoms with Crippen molar-refractivity contribution in [2.75, 3.05) is 23.8 Å². The maximum atomic E-state index is 13.0. The number of nitriles is 1. The molecule has 0 aromatic heterocycles. The molecule has 35 heavy (non-hydrogen) atoms. The molecule has 9 heteroatoms. The third-order valence-corrected chi connectivity index (χ3v) is 5.79. The third kappa shape index (κ3) is 6.37. The van der Waals surface area contributed by atoms with Gasteiger partial charge in [0.25, 0.3) is 0 Å². The molecule has 2 aromatic rings. The Bertz CT molecular complexity index is 1170. The Morgan fingerprint density at radius 1 is 1.11 bits per heavy atom. The van der Waals surface area contributed by atoms with Crippen LogP contribution in [-0.2, 0) is 9.53 Å². The van der Waals surface area contributed by atoms with Gasteiger partial charge in [-0.15, -0.1) is 0 Å². The molecule has 1 unspecified atom stereocenters. The summed E-state index contributed by atoms with van der Waals surface area (Å²) >= 11 is 5.53. The number of hydrogen-bond acceptors (Lipinski definition) is 5. The number of benzene rings is 2. The number of carbonyl (C=O) groups is 2. The van der Waals surface area contributed by atoms with E-state index < -0.39 is 12.1 Å². The van der Waals surface area contributed by atoms with Crippen molar-refractivity contribution in [1.82, 2.24) is 10.2 Å². The molecule has 0 fully saturated rings.